The Bertz CT molecular complexity index is 1400. The molecule has 0 aliphatic heterocycles. The number of sulfone groups is 1. The topological polar surface area (TPSA) is 84.0 Å². The van der Waals surface area contributed by atoms with Gasteiger partial charge in [-0.25, -0.2) is 8.42 Å². The minimum absolute atomic E-state index is 0.00262. The number of hydrogen-bond acceptors (Lipinski definition) is 4. The van der Waals surface area contributed by atoms with Crippen LogP contribution in [0.1, 0.15) is 25.5 Å². The van der Waals surface area contributed by atoms with E-state index in [4.69, 9.17) is 0 Å². The van der Waals surface area contributed by atoms with Crippen molar-refractivity contribution in [1.29, 1.82) is 0 Å². The molecule has 4 rings (SSSR count). The van der Waals surface area contributed by atoms with Gasteiger partial charge in [0.05, 0.1) is 10.6 Å². The number of nitrogens with zero attached hydrogens (tertiary/aromatic N) is 1. The van der Waals surface area contributed by atoms with Gasteiger partial charge >= 0.3 is 0 Å². The number of aryl methyl sites for hydroxylation is 1. The van der Waals surface area contributed by atoms with Crippen molar-refractivity contribution in [3.05, 3.63) is 82.9 Å². The molecule has 0 saturated heterocycles. The van der Waals surface area contributed by atoms with E-state index in [2.05, 4.69) is 17.2 Å². The lowest BCUT2D eigenvalue weighted by atomic mass is 10.0. The minimum Gasteiger partial charge on any atom is -0.378 e. The van der Waals surface area contributed by atoms with Gasteiger partial charge in [-0.15, -0.1) is 0 Å². The molecule has 0 amide bonds. The van der Waals surface area contributed by atoms with Gasteiger partial charge in [-0.3, -0.25) is 4.79 Å². The van der Waals surface area contributed by atoms with Crippen LogP contribution in [-0.2, 0) is 16.9 Å². The summed E-state index contributed by atoms with van der Waals surface area (Å²) in [6.07, 6.45) is 3.48. The van der Waals surface area contributed by atoms with Gasteiger partial charge in [-0.05, 0) is 36.8 Å². The lowest BCUT2D eigenvalue weighted by Gasteiger charge is -2.20. The van der Waals surface area contributed by atoms with Crippen molar-refractivity contribution in [2.75, 3.05) is 11.1 Å². The molecular formula is C24H25N3O3S. The fourth-order valence-electron chi connectivity index (χ4n) is 3.77. The Morgan fingerprint density at radius 2 is 1.81 bits per heavy atom. The number of pyridine rings is 1. The van der Waals surface area contributed by atoms with Gasteiger partial charge in [0.2, 0.25) is 0 Å². The molecule has 0 spiro atoms. The van der Waals surface area contributed by atoms with Crippen molar-refractivity contribution in [2.24, 2.45) is 7.05 Å². The van der Waals surface area contributed by atoms with Crippen LogP contribution in [0.25, 0.3) is 22.0 Å². The minimum atomic E-state index is -3.39. The first-order valence-corrected chi connectivity index (χ1v) is 11.8. The third-order valence-corrected chi connectivity index (χ3v) is 7.32. The second-order valence-electron chi connectivity index (χ2n) is 7.61. The maximum absolute atomic E-state index is 12.6. The summed E-state index contributed by atoms with van der Waals surface area (Å²) in [7, 11) is -1.70. The first-order valence-electron chi connectivity index (χ1n) is 10.2. The fraction of sp³-hybridized carbons (Fsp3) is 0.208. The molecule has 0 aliphatic carbocycles. The fourth-order valence-corrected chi connectivity index (χ4v) is 4.68. The van der Waals surface area contributed by atoms with E-state index in [-0.39, 0.29) is 22.2 Å². The van der Waals surface area contributed by atoms with Crippen LogP contribution in [0.3, 0.4) is 0 Å². The van der Waals surface area contributed by atoms with Crippen molar-refractivity contribution in [1.82, 2.24) is 9.55 Å². The van der Waals surface area contributed by atoms with Crippen LogP contribution < -0.4 is 10.9 Å². The Balaban J connectivity index is 1.93. The predicted molar refractivity (Wildman–Crippen MR) is 125 cm³/mol. The first-order chi connectivity index (χ1) is 14.8. The number of H-pyrrole nitrogens is 1. The summed E-state index contributed by atoms with van der Waals surface area (Å²) >= 11 is 0. The van der Waals surface area contributed by atoms with Crippen molar-refractivity contribution < 1.29 is 8.42 Å². The van der Waals surface area contributed by atoms with Gasteiger partial charge < -0.3 is 14.9 Å². The summed E-state index contributed by atoms with van der Waals surface area (Å²) in [6, 6.07) is 17.0. The van der Waals surface area contributed by atoms with E-state index in [9.17, 15) is 13.2 Å². The van der Waals surface area contributed by atoms with Gasteiger partial charge in [-0.1, -0.05) is 37.3 Å². The van der Waals surface area contributed by atoms with Gasteiger partial charge in [0.1, 0.15) is 5.52 Å². The van der Waals surface area contributed by atoms with E-state index >= 15 is 0 Å². The molecule has 0 bridgehead atoms. The molecule has 2 N–H and O–H groups in total. The molecule has 6 nitrogen and oxygen atoms in total. The molecule has 0 radical (unpaired) electrons. The highest BCUT2D eigenvalue weighted by Gasteiger charge is 2.19. The molecule has 2 aromatic heterocycles. The highest BCUT2D eigenvalue weighted by molar-refractivity contribution is 7.91. The Morgan fingerprint density at radius 1 is 1.06 bits per heavy atom. The van der Waals surface area contributed by atoms with Crippen molar-refractivity contribution in [3.8, 4) is 11.1 Å². The van der Waals surface area contributed by atoms with Crippen LogP contribution in [-0.4, -0.2) is 23.7 Å². The number of anilines is 1. The lowest BCUT2D eigenvalue weighted by molar-refractivity contribution is 0.597. The summed E-state index contributed by atoms with van der Waals surface area (Å²) < 4.78 is 26.7. The van der Waals surface area contributed by atoms with Crippen LogP contribution in [0.2, 0.25) is 0 Å². The van der Waals surface area contributed by atoms with E-state index in [1.165, 1.54) is 4.57 Å². The molecule has 1 atom stereocenters. The molecule has 4 aromatic rings. The van der Waals surface area contributed by atoms with Gasteiger partial charge in [-0.2, -0.15) is 0 Å². The summed E-state index contributed by atoms with van der Waals surface area (Å²) in [6.45, 7) is 3.69. The smallest absolute Gasteiger partial charge is 0.274 e. The van der Waals surface area contributed by atoms with Crippen molar-refractivity contribution >= 4 is 26.4 Å². The third kappa shape index (κ3) is 3.88. The summed E-state index contributed by atoms with van der Waals surface area (Å²) in [4.78, 5) is 15.8. The maximum Gasteiger partial charge on any atom is 0.274 e. The van der Waals surface area contributed by atoms with Crippen LogP contribution in [0.4, 0.5) is 5.69 Å². The molecule has 31 heavy (non-hydrogen) atoms. The molecule has 0 aliphatic rings. The molecule has 0 fully saturated rings. The molecule has 7 heteroatoms. The standard InChI is InChI=1S/C24H25N3O3S/c1-4-31(29,30)18-10-11-22(26-16(2)17-8-6-5-7-9-17)20(14-18)21-15-27(3)24(28)23-19(21)12-13-25-23/h5-16,25-26H,4H2,1-3H3. The molecule has 1 unspecified atom stereocenters. The molecule has 2 heterocycles. The predicted octanol–water partition coefficient (Wildman–Crippen LogP) is 4.50. The molecule has 0 saturated carbocycles. The Labute approximate surface area is 181 Å². The zero-order valence-electron chi connectivity index (χ0n) is 17.7. The summed E-state index contributed by atoms with van der Waals surface area (Å²) in [5.41, 5.74) is 3.80. The second-order valence-corrected chi connectivity index (χ2v) is 9.89. The quantitative estimate of drug-likeness (QED) is 0.467. The zero-order valence-corrected chi connectivity index (χ0v) is 18.5. The lowest BCUT2D eigenvalue weighted by Crippen LogP contribution is -2.17. The van der Waals surface area contributed by atoms with Gasteiger partial charge in [0.15, 0.2) is 9.84 Å². The highest BCUT2D eigenvalue weighted by atomic mass is 32.2. The Morgan fingerprint density at radius 3 is 2.52 bits per heavy atom. The van der Waals surface area contributed by atoms with E-state index in [1.54, 1.807) is 44.6 Å². The first kappa shape index (κ1) is 20.9. The number of nitrogens with one attached hydrogen (secondary N) is 2. The maximum atomic E-state index is 12.6. The molecule has 160 valence electrons. The number of aromatic amines is 1. The average Bonchev–Trinajstić information content (AvgIpc) is 3.27. The Kier molecular flexibility index (Phi) is 5.45. The number of benzene rings is 2. The second kappa shape index (κ2) is 8.07. The number of fused-ring (bicyclic) bond motifs is 1. The van der Waals surface area contributed by atoms with Crippen LogP contribution >= 0.6 is 0 Å². The SMILES string of the molecule is CCS(=O)(=O)c1ccc(NC(C)c2ccccc2)c(-c2cn(C)c(=O)c3[nH]ccc23)c1. The van der Waals surface area contributed by atoms with E-state index in [0.717, 1.165) is 27.8 Å². The van der Waals surface area contributed by atoms with Gasteiger partial charge in [0.25, 0.3) is 5.56 Å². The largest absolute Gasteiger partial charge is 0.378 e. The van der Waals surface area contributed by atoms with Crippen LogP contribution in [0.15, 0.2) is 76.7 Å². The molecular weight excluding hydrogens is 410 g/mol. The normalized spacial score (nSPS) is 12.7. The number of hydrogen-bond donors (Lipinski definition) is 2. The zero-order chi connectivity index (χ0) is 22.2. The average molecular weight is 436 g/mol. The van der Waals surface area contributed by atoms with E-state index < -0.39 is 9.84 Å². The van der Waals surface area contributed by atoms with Crippen LogP contribution in [0, 0.1) is 0 Å². The third-order valence-electron chi connectivity index (χ3n) is 5.59. The van der Waals surface area contributed by atoms with Crippen molar-refractivity contribution in [2.45, 2.75) is 24.8 Å². The van der Waals surface area contributed by atoms with Gasteiger partial charge in [0, 0.05) is 47.7 Å². The van der Waals surface area contributed by atoms with E-state index in [1.807, 2.05) is 36.4 Å². The number of rotatable bonds is 6. The number of aromatic nitrogens is 2. The van der Waals surface area contributed by atoms with Crippen molar-refractivity contribution in [3.63, 3.8) is 0 Å². The highest BCUT2D eigenvalue weighted by Crippen LogP contribution is 2.36. The summed E-state index contributed by atoms with van der Waals surface area (Å²) in [5.74, 6) is 0.0203. The Hall–Kier alpha value is -3.32. The molecule has 2 aromatic carbocycles. The van der Waals surface area contributed by atoms with Crippen LogP contribution in [0.5, 0.6) is 0 Å². The monoisotopic (exact) mass is 435 g/mol. The summed E-state index contributed by atoms with van der Waals surface area (Å²) in [5, 5.41) is 4.27. The van der Waals surface area contributed by atoms with E-state index in [0.29, 0.717) is 5.52 Å².